The Bertz CT molecular complexity index is 938. The molecule has 0 aliphatic rings. The van der Waals surface area contributed by atoms with E-state index in [9.17, 15) is 18.0 Å². The van der Waals surface area contributed by atoms with Crippen molar-refractivity contribution in [3.8, 4) is 0 Å². The van der Waals surface area contributed by atoms with Crippen molar-refractivity contribution in [1.29, 1.82) is 0 Å². The highest BCUT2D eigenvalue weighted by Crippen LogP contribution is 2.28. The molecule has 3 aromatic rings. The average Bonchev–Trinajstić information content (AvgIpc) is 2.95. The highest BCUT2D eigenvalue weighted by Gasteiger charge is 2.29. The second-order valence-electron chi connectivity index (χ2n) is 5.61. The molecule has 2 heterocycles. The first kappa shape index (κ1) is 17.5. The fourth-order valence-corrected chi connectivity index (χ4v) is 3.39. The number of thioether (sulfide) groups is 1. The van der Waals surface area contributed by atoms with Crippen molar-refractivity contribution >= 4 is 34.2 Å². The van der Waals surface area contributed by atoms with E-state index in [4.69, 9.17) is 0 Å². The summed E-state index contributed by atoms with van der Waals surface area (Å²) in [5.41, 5.74) is 2.55. The summed E-state index contributed by atoms with van der Waals surface area (Å²) in [5, 5.41) is 10.8. The summed E-state index contributed by atoms with van der Waals surface area (Å²) in [6.07, 6.45) is -4.44. The van der Waals surface area contributed by atoms with Gasteiger partial charge in [-0.2, -0.15) is 13.2 Å². The largest absolute Gasteiger partial charge is 0.405 e. The van der Waals surface area contributed by atoms with Gasteiger partial charge in [0.15, 0.2) is 10.8 Å². The second kappa shape index (κ2) is 6.55. The molecule has 0 radical (unpaired) electrons. The van der Waals surface area contributed by atoms with E-state index < -0.39 is 23.9 Å². The van der Waals surface area contributed by atoms with Crippen molar-refractivity contribution in [2.24, 2.45) is 0 Å². The van der Waals surface area contributed by atoms with Crippen LogP contribution in [0, 0.1) is 6.92 Å². The number of benzene rings is 1. The lowest BCUT2D eigenvalue weighted by atomic mass is 10.1. The highest BCUT2D eigenvalue weighted by atomic mass is 32.2. The van der Waals surface area contributed by atoms with E-state index in [1.54, 1.807) is 4.40 Å². The Morgan fingerprint density at radius 3 is 2.76 bits per heavy atom. The normalized spacial score (nSPS) is 13.3. The minimum absolute atomic E-state index is 0.459. The van der Waals surface area contributed by atoms with E-state index in [0.717, 1.165) is 28.2 Å². The molecule has 0 fully saturated rings. The van der Waals surface area contributed by atoms with Crippen molar-refractivity contribution in [2.75, 3.05) is 6.54 Å². The zero-order chi connectivity index (χ0) is 18.2. The summed E-state index contributed by atoms with van der Waals surface area (Å²) in [4.78, 5) is 11.9. The monoisotopic (exact) mass is 368 g/mol. The van der Waals surface area contributed by atoms with E-state index in [1.807, 2.05) is 42.6 Å². The molecule has 0 saturated heterocycles. The molecule has 0 aliphatic carbocycles. The van der Waals surface area contributed by atoms with E-state index >= 15 is 0 Å². The van der Waals surface area contributed by atoms with Gasteiger partial charge >= 0.3 is 6.18 Å². The molecule has 1 aromatic carbocycles. The van der Waals surface area contributed by atoms with Crippen LogP contribution in [0.25, 0.3) is 16.6 Å². The van der Waals surface area contributed by atoms with Crippen LogP contribution in [0.2, 0.25) is 0 Å². The van der Waals surface area contributed by atoms with Gasteiger partial charge in [0.25, 0.3) is 0 Å². The topological polar surface area (TPSA) is 59.3 Å². The van der Waals surface area contributed by atoms with Gasteiger partial charge in [0.1, 0.15) is 6.54 Å². The summed E-state index contributed by atoms with van der Waals surface area (Å²) in [6.45, 7) is 2.16. The molecule has 1 unspecified atom stereocenters. The smallest absolute Gasteiger partial charge is 0.346 e. The van der Waals surface area contributed by atoms with Gasteiger partial charge in [0.2, 0.25) is 5.91 Å². The number of carbonyl (C=O) groups excluding carboxylic acids is 1. The van der Waals surface area contributed by atoms with Gasteiger partial charge in [-0.25, -0.2) is 0 Å². The van der Waals surface area contributed by atoms with E-state index in [1.165, 1.54) is 6.92 Å². The molecule has 2 aromatic heterocycles. The van der Waals surface area contributed by atoms with Gasteiger partial charge in [-0.1, -0.05) is 30.0 Å². The number of alkyl halides is 3. The zero-order valence-corrected chi connectivity index (χ0v) is 14.3. The van der Waals surface area contributed by atoms with Crippen LogP contribution in [0.3, 0.4) is 0 Å². The second-order valence-corrected chi connectivity index (χ2v) is 6.92. The predicted octanol–water partition coefficient (Wildman–Crippen LogP) is 3.35. The number of aryl methyl sites for hydroxylation is 1. The van der Waals surface area contributed by atoms with Crippen LogP contribution in [0.4, 0.5) is 13.2 Å². The lowest BCUT2D eigenvalue weighted by Crippen LogP contribution is -2.38. The predicted molar refractivity (Wildman–Crippen MR) is 89.6 cm³/mol. The summed E-state index contributed by atoms with van der Waals surface area (Å²) in [5.74, 6) is -0.699. The van der Waals surface area contributed by atoms with Crippen molar-refractivity contribution in [2.45, 2.75) is 30.4 Å². The number of fused-ring (bicyclic) bond motifs is 3. The summed E-state index contributed by atoms with van der Waals surface area (Å²) < 4.78 is 38.5. The Balaban J connectivity index is 1.89. The molecular weight excluding hydrogens is 353 g/mol. The Hall–Kier alpha value is -2.29. The fourth-order valence-electron chi connectivity index (χ4n) is 2.49. The summed E-state index contributed by atoms with van der Waals surface area (Å²) in [6, 6.07) is 9.57. The van der Waals surface area contributed by atoms with Gasteiger partial charge in [0, 0.05) is 5.39 Å². The van der Waals surface area contributed by atoms with E-state index in [-0.39, 0.29) is 0 Å². The summed E-state index contributed by atoms with van der Waals surface area (Å²) in [7, 11) is 0. The maximum absolute atomic E-state index is 12.2. The van der Waals surface area contributed by atoms with Gasteiger partial charge in [-0.3, -0.25) is 9.20 Å². The molecule has 1 N–H and O–H groups in total. The van der Waals surface area contributed by atoms with Crippen molar-refractivity contribution in [1.82, 2.24) is 19.9 Å². The molecule has 0 saturated carbocycles. The van der Waals surface area contributed by atoms with Crippen LogP contribution >= 0.6 is 11.8 Å². The number of hydrogen-bond donors (Lipinski definition) is 1. The Morgan fingerprint density at radius 1 is 1.32 bits per heavy atom. The van der Waals surface area contributed by atoms with E-state index in [2.05, 4.69) is 10.2 Å². The quantitative estimate of drug-likeness (QED) is 0.718. The summed E-state index contributed by atoms with van der Waals surface area (Å²) >= 11 is 1.07. The Labute approximate surface area is 145 Å². The van der Waals surface area contributed by atoms with Gasteiger partial charge in [0.05, 0.1) is 10.8 Å². The van der Waals surface area contributed by atoms with Crippen molar-refractivity contribution in [3.63, 3.8) is 0 Å². The highest BCUT2D eigenvalue weighted by molar-refractivity contribution is 8.00. The van der Waals surface area contributed by atoms with Gasteiger partial charge in [-0.15, -0.1) is 10.2 Å². The molecule has 1 amide bonds. The first-order valence-corrected chi connectivity index (χ1v) is 8.39. The van der Waals surface area contributed by atoms with Crippen LogP contribution in [0.15, 0.2) is 35.5 Å². The molecule has 132 valence electrons. The third-order valence-corrected chi connectivity index (χ3v) is 4.73. The molecule has 9 heteroatoms. The first-order chi connectivity index (χ1) is 11.8. The SMILES string of the molecule is Cc1cc2nnc(SC(C)C(=O)NCC(F)(F)F)n2c2ccccc12. The third kappa shape index (κ3) is 3.71. The molecule has 1 atom stereocenters. The molecule has 5 nitrogen and oxygen atoms in total. The average molecular weight is 368 g/mol. The number of para-hydroxylation sites is 1. The standard InChI is InChI=1S/C16H15F3N4OS/c1-9-7-13-21-22-15(23(13)12-6-4-3-5-11(9)12)25-10(2)14(24)20-8-16(17,18)19/h3-7,10H,8H2,1-2H3,(H,20,24). The van der Waals surface area contributed by atoms with Crippen molar-refractivity contribution in [3.05, 3.63) is 35.9 Å². The molecule has 0 spiro atoms. The minimum Gasteiger partial charge on any atom is -0.346 e. The number of nitrogens with zero attached hydrogens (tertiary/aromatic N) is 3. The van der Waals surface area contributed by atoms with Gasteiger partial charge in [-0.05, 0) is 31.5 Å². The number of carbonyl (C=O) groups is 1. The number of pyridine rings is 1. The lowest BCUT2D eigenvalue weighted by molar-refractivity contribution is -0.137. The zero-order valence-electron chi connectivity index (χ0n) is 13.5. The van der Waals surface area contributed by atoms with Crippen LogP contribution in [0.5, 0.6) is 0 Å². The maximum atomic E-state index is 12.2. The molecule has 0 aliphatic heterocycles. The lowest BCUT2D eigenvalue weighted by Gasteiger charge is -2.13. The number of aromatic nitrogens is 3. The molecule has 0 bridgehead atoms. The number of amides is 1. The van der Waals surface area contributed by atoms with Gasteiger partial charge < -0.3 is 5.32 Å². The Morgan fingerprint density at radius 2 is 2.04 bits per heavy atom. The minimum atomic E-state index is -4.44. The van der Waals surface area contributed by atoms with Crippen LogP contribution in [-0.4, -0.2) is 38.5 Å². The number of hydrogen-bond acceptors (Lipinski definition) is 4. The number of rotatable bonds is 4. The van der Waals surface area contributed by atoms with Crippen LogP contribution in [0.1, 0.15) is 12.5 Å². The Kier molecular flexibility index (Phi) is 4.59. The van der Waals surface area contributed by atoms with E-state index in [0.29, 0.717) is 10.8 Å². The number of halogens is 3. The van der Waals surface area contributed by atoms with Crippen molar-refractivity contribution < 1.29 is 18.0 Å². The van der Waals surface area contributed by atoms with Crippen LogP contribution in [-0.2, 0) is 4.79 Å². The molecule has 3 rings (SSSR count). The molecular formula is C16H15F3N4OS. The first-order valence-electron chi connectivity index (χ1n) is 7.51. The third-order valence-electron chi connectivity index (χ3n) is 3.69. The maximum Gasteiger partial charge on any atom is 0.405 e. The molecule has 25 heavy (non-hydrogen) atoms. The fraction of sp³-hybridized carbons (Fsp3) is 0.312. The van der Waals surface area contributed by atoms with Crippen LogP contribution < -0.4 is 5.32 Å². The number of nitrogens with one attached hydrogen (secondary N) is 1.